The van der Waals surface area contributed by atoms with Crippen molar-refractivity contribution in [3.05, 3.63) is 414 Å². The lowest BCUT2D eigenvalue weighted by atomic mass is 9.72. The van der Waals surface area contributed by atoms with E-state index in [0.717, 1.165) is 208 Å². The summed E-state index contributed by atoms with van der Waals surface area (Å²) in [6, 6.07) is 122. The summed E-state index contributed by atoms with van der Waals surface area (Å²) >= 11 is 0. The average Bonchev–Trinajstić information content (AvgIpc) is 1.55. The molecule has 674 valence electrons. The molecule has 0 aliphatic heterocycles. The Bertz CT molecular complexity index is 9440. The smallest absolute Gasteiger partial charge is 0.0998 e. The molecular weight excluding hydrogens is 1710 g/mol. The molecule has 0 amide bonds. The SMILES string of the molecule is Cc1ccc2c(c1)c1cc(C)ccc1n2-c1cncc(-n2c3ccc(C)cc3c3cc(CCC(C)(C)c4ccc5c6ccccc6n(-c6cncc(-n7c8ccccc8c8ccc(C(C)(C)CCC(C)(C)c9ccc%10c(c9)c9ccccc9n%10-c9cncc(-n%10c%11ccccc%11c%11cc(C(C)(C)C)ccc%11%10)c9-c9ccccc9C#N)cc87)c6-c6ccccc6C#N)c5c4)ccc32)c1-c1ccccc1C#N. The van der Waals surface area contributed by atoms with E-state index in [4.69, 9.17) is 15.0 Å². The third-order valence-corrected chi connectivity index (χ3v) is 30.5. The highest BCUT2D eigenvalue weighted by Gasteiger charge is 2.35. The summed E-state index contributed by atoms with van der Waals surface area (Å²) in [5, 5.41) is 47.1. The Kier molecular flexibility index (Phi) is 20.0. The fourth-order valence-electron chi connectivity index (χ4n) is 22.8. The number of nitrogens with zero attached hydrogens (tertiary/aromatic N) is 12. The van der Waals surface area contributed by atoms with Crippen LogP contribution in [0.5, 0.6) is 0 Å². The van der Waals surface area contributed by atoms with Gasteiger partial charge in [-0.1, -0.05) is 267 Å². The quantitative estimate of drug-likeness (QED) is 0.0838. The molecule has 0 saturated heterocycles. The Morgan fingerprint density at radius 1 is 0.229 bits per heavy atom. The van der Waals surface area contributed by atoms with Gasteiger partial charge in [0, 0.05) is 98.0 Å². The summed E-state index contributed by atoms with van der Waals surface area (Å²) < 4.78 is 14.3. The maximum Gasteiger partial charge on any atom is 0.0998 e. The maximum absolute atomic E-state index is 11.4. The van der Waals surface area contributed by atoms with Crippen LogP contribution < -0.4 is 0 Å². The van der Waals surface area contributed by atoms with Crippen LogP contribution in [0.1, 0.15) is 143 Å². The van der Waals surface area contributed by atoms with Crippen molar-refractivity contribution in [3.63, 3.8) is 0 Å². The van der Waals surface area contributed by atoms with Crippen molar-refractivity contribution in [3.8, 4) is 85.7 Å². The minimum atomic E-state index is -0.325. The minimum absolute atomic E-state index is 0.0589. The van der Waals surface area contributed by atoms with E-state index in [1.54, 1.807) is 0 Å². The van der Waals surface area contributed by atoms with E-state index < -0.39 is 0 Å². The van der Waals surface area contributed by atoms with Gasteiger partial charge in [0.1, 0.15) is 0 Å². The molecule has 24 rings (SSSR count). The summed E-state index contributed by atoms with van der Waals surface area (Å²) in [5.74, 6) is 0. The van der Waals surface area contributed by atoms with Crippen molar-refractivity contribution in [1.29, 1.82) is 15.8 Å². The van der Waals surface area contributed by atoms with Crippen molar-refractivity contribution in [1.82, 2.24) is 42.4 Å². The van der Waals surface area contributed by atoms with Crippen LogP contribution in [-0.4, -0.2) is 42.4 Å². The predicted molar refractivity (Wildman–Crippen MR) is 579 cm³/mol. The van der Waals surface area contributed by atoms with Gasteiger partial charge in [-0.25, -0.2) is 0 Å². The third-order valence-electron chi connectivity index (χ3n) is 30.5. The normalized spacial score (nSPS) is 12.4. The second-order valence-electron chi connectivity index (χ2n) is 41.5. The molecule has 15 aromatic carbocycles. The largest absolute Gasteiger partial charge is 0.307 e. The summed E-state index contributed by atoms with van der Waals surface area (Å²) in [4.78, 5) is 15.7. The van der Waals surface area contributed by atoms with Gasteiger partial charge in [-0.3, -0.25) is 15.0 Å². The molecule has 0 aliphatic rings. The summed E-state index contributed by atoms with van der Waals surface area (Å²) in [5.41, 5.74) is 33.7. The van der Waals surface area contributed by atoms with Gasteiger partial charge < -0.3 is 27.4 Å². The number of fused-ring (bicyclic) bond motifs is 18. The second-order valence-corrected chi connectivity index (χ2v) is 41.5. The molecule has 0 unspecified atom stereocenters. The maximum atomic E-state index is 11.4. The zero-order valence-corrected chi connectivity index (χ0v) is 80.7. The number of aryl methyl sites for hydroxylation is 4. The van der Waals surface area contributed by atoms with Crippen molar-refractivity contribution in [2.75, 3.05) is 0 Å². The Morgan fingerprint density at radius 2 is 0.479 bits per heavy atom. The van der Waals surface area contributed by atoms with Crippen LogP contribution in [0.25, 0.3) is 198 Å². The summed E-state index contributed by atoms with van der Waals surface area (Å²) in [6.07, 6.45) is 15.4. The van der Waals surface area contributed by atoms with Crippen LogP contribution in [-0.2, 0) is 28.1 Å². The summed E-state index contributed by atoms with van der Waals surface area (Å²) in [7, 11) is 0. The number of pyridine rings is 3. The van der Waals surface area contributed by atoms with Gasteiger partial charge in [-0.05, 0) is 223 Å². The topological polar surface area (TPSA) is 140 Å². The van der Waals surface area contributed by atoms with Gasteiger partial charge in [0.25, 0.3) is 0 Å². The number of rotatable bonds is 18. The molecule has 9 aromatic heterocycles. The lowest BCUT2D eigenvalue weighted by Crippen LogP contribution is -2.24. The van der Waals surface area contributed by atoms with Gasteiger partial charge in [0.15, 0.2) is 0 Å². The Morgan fingerprint density at radius 3 is 0.829 bits per heavy atom. The number of hydrogen-bond acceptors (Lipinski definition) is 6. The van der Waals surface area contributed by atoms with Gasteiger partial charge in [-0.2, -0.15) is 15.8 Å². The Labute approximate surface area is 813 Å². The molecule has 12 heteroatoms. The molecule has 9 heterocycles. The van der Waals surface area contributed by atoms with Crippen LogP contribution in [0, 0.1) is 54.8 Å². The molecule has 12 nitrogen and oxygen atoms in total. The van der Waals surface area contributed by atoms with Crippen molar-refractivity contribution < 1.29 is 0 Å². The highest BCUT2D eigenvalue weighted by atomic mass is 15.1. The second kappa shape index (κ2) is 32.6. The van der Waals surface area contributed by atoms with Gasteiger partial charge in [-0.15, -0.1) is 0 Å². The van der Waals surface area contributed by atoms with Crippen molar-refractivity contribution in [2.45, 2.75) is 130 Å². The lowest BCUT2D eigenvalue weighted by Gasteiger charge is -2.32. The minimum Gasteiger partial charge on any atom is -0.307 e. The standard InChI is InChI=1S/C128H102N12/c1-78-41-51-108-98(61-78)99-62-79(2)42-52-109(99)137(108)118-74-133-75-119(123(118)90-31-17-14-28-83(90)70-130)138-110-53-43-80(3)63-100(110)101-64-81(44-54-111(101)138)57-58-126(7,8)87-45-49-96-92-33-19-23-37-104(92)139(114(96)67-87)120-76-134-77-121(124(120)91-32-18-15-29-84(91)71-131)140-105-38-24-20-34-93(105)97-50-46-88(68-115(97)140)128(11,12)60-59-127(9,10)86-48-56-113-103(66-86)95-36-22-26-40-107(95)136(113)117-73-132-72-116(122(117)89-30-16-13-27-82(89)69-129)135-106-39-25-21-35-94(106)102-65-85(125(4,5)6)47-55-112(102)135/h13-56,61-68,72-77H,57-60H2,1-12H3. The van der Waals surface area contributed by atoms with Crippen molar-refractivity contribution >= 4 is 131 Å². The van der Waals surface area contributed by atoms with E-state index in [1.165, 1.54) is 60.7 Å². The highest BCUT2D eigenvalue weighted by Crippen LogP contribution is 2.51. The first-order chi connectivity index (χ1) is 67.9. The molecule has 24 aromatic rings. The van der Waals surface area contributed by atoms with E-state index in [2.05, 4.69) is 396 Å². The molecule has 0 saturated carbocycles. The van der Waals surface area contributed by atoms with E-state index >= 15 is 0 Å². The average molecular weight is 1810 g/mol. The molecule has 0 radical (unpaired) electrons. The van der Waals surface area contributed by atoms with E-state index in [0.29, 0.717) is 16.7 Å². The third kappa shape index (κ3) is 13.7. The molecule has 0 spiro atoms. The fraction of sp³-hybridized carbons (Fsp3) is 0.156. The number of para-hydroxylation sites is 4. The van der Waals surface area contributed by atoms with Crippen LogP contribution in [0.2, 0.25) is 0 Å². The Hall–Kier alpha value is -17.0. The van der Waals surface area contributed by atoms with Gasteiger partial charge in [0.2, 0.25) is 0 Å². The van der Waals surface area contributed by atoms with Gasteiger partial charge in [0.05, 0.1) is 172 Å². The first-order valence-electron chi connectivity index (χ1n) is 48.6. The molecule has 0 aliphatic carbocycles. The molecule has 0 N–H and O–H groups in total. The first kappa shape index (κ1) is 85.9. The number of nitriles is 3. The number of hydrogen-bond donors (Lipinski definition) is 0. The van der Waals surface area contributed by atoms with Crippen LogP contribution in [0.3, 0.4) is 0 Å². The van der Waals surface area contributed by atoms with Crippen LogP contribution in [0.15, 0.2) is 353 Å². The van der Waals surface area contributed by atoms with Crippen molar-refractivity contribution in [2.24, 2.45) is 0 Å². The summed E-state index contributed by atoms with van der Waals surface area (Å²) in [6.45, 7) is 27.6. The number of aromatic nitrogens is 9. The molecule has 0 bridgehead atoms. The van der Waals surface area contributed by atoms with Crippen LogP contribution >= 0.6 is 0 Å². The zero-order valence-electron chi connectivity index (χ0n) is 80.7. The Balaban J connectivity index is 0.579. The number of benzene rings is 15. The van der Waals surface area contributed by atoms with Gasteiger partial charge >= 0.3 is 0 Å². The predicted octanol–water partition coefficient (Wildman–Crippen LogP) is 32.2. The molecule has 140 heavy (non-hydrogen) atoms. The molecule has 0 fully saturated rings. The monoisotopic (exact) mass is 1810 g/mol. The fourth-order valence-corrected chi connectivity index (χ4v) is 22.8. The molecular formula is C128H102N12. The molecule has 0 atom stereocenters. The zero-order chi connectivity index (χ0) is 95.7. The van der Waals surface area contributed by atoms with E-state index in [9.17, 15) is 15.8 Å². The van der Waals surface area contributed by atoms with E-state index in [-0.39, 0.29) is 21.7 Å². The van der Waals surface area contributed by atoms with Crippen LogP contribution in [0.4, 0.5) is 0 Å². The lowest BCUT2D eigenvalue weighted by molar-refractivity contribution is 0.375. The van der Waals surface area contributed by atoms with E-state index in [1.807, 2.05) is 85.7 Å². The first-order valence-corrected chi connectivity index (χ1v) is 48.6. The highest BCUT2D eigenvalue weighted by molar-refractivity contribution is 6.17.